The minimum absolute atomic E-state index is 0.753. The fourth-order valence-corrected chi connectivity index (χ4v) is 3.46. The van der Waals surface area contributed by atoms with E-state index in [1.807, 2.05) is 59.8 Å². The number of imidazole rings is 1. The molecule has 4 aromatic rings. The third-order valence-corrected chi connectivity index (χ3v) is 4.90. The first-order chi connectivity index (χ1) is 14.7. The summed E-state index contributed by atoms with van der Waals surface area (Å²) in [6, 6.07) is 16.4. The Bertz CT molecular complexity index is 1060. The molecular formula is C24H25N5O. The first-order valence-corrected chi connectivity index (χ1v) is 9.87. The van der Waals surface area contributed by atoms with Crippen LogP contribution in [-0.4, -0.2) is 38.6 Å². The molecule has 6 nitrogen and oxygen atoms in total. The van der Waals surface area contributed by atoms with Crippen molar-refractivity contribution in [2.24, 2.45) is 0 Å². The minimum atomic E-state index is 0.753. The fourth-order valence-electron chi connectivity index (χ4n) is 3.46. The Labute approximate surface area is 176 Å². The summed E-state index contributed by atoms with van der Waals surface area (Å²) in [5, 5.41) is 0. The molecule has 0 aliphatic rings. The van der Waals surface area contributed by atoms with Gasteiger partial charge in [0.15, 0.2) is 0 Å². The molecule has 0 aliphatic heterocycles. The molecule has 152 valence electrons. The summed E-state index contributed by atoms with van der Waals surface area (Å²) in [6.07, 6.45) is 9.28. The van der Waals surface area contributed by atoms with Crippen LogP contribution in [0.25, 0.3) is 11.3 Å². The van der Waals surface area contributed by atoms with Gasteiger partial charge >= 0.3 is 0 Å². The van der Waals surface area contributed by atoms with Crippen molar-refractivity contribution in [3.63, 3.8) is 0 Å². The molecule has 4 rings (SSSR count). The average molecular weight is 399 g/mol. The lowest BCUT2D eigenvalue weighted by Crippen LogP contribution is -2.18. The lowest BCUT2D eigenvalue weighted by Gasteiger charge is -2.18. The minimum Gasteiger partial charge on any atom is -0.496 e. The molecule has 0 amide bonds. The SMILES string of the molecule is COc1ccc(CN(C)Cc2ccccn2)cc1-c1ccc(Cn2ccnc2)cn1. The second-order valence-electron chi connectivity index (χ2n) is 7.31. The molecule has 3 aromatic heterocycles. The number of nitrogens with zero attached hydrogens (tertiary/aromatic N) is 5. The van der Waals surface area contributed by atoms with E-state index >= 15 is 0 Å². The van der Waals surface area contributed by atoms with Crippen LogP contribution in [-0.2, 0) is 19.6 Å². The van der Waals surface area contributed by atoms with E-state index in [2.05, 4.69) is 45.1 Å². The van der Waals surface area contributed by atoms with Crippen LogP contribution in [0.3, 0.4) is 0 Å². The summed E-state index contributed by atoms with van der Waals surface area (Å²) in [5.74, 6) is 0.820. The Hall–Kier alpha value is -3.51. The number of hydrogen-bond donors (Lipinski definition) is 0. The van der Waals surface area contributed by atoms with Crippen LogP contribution in [0.1, 0.15) is 16.8 Å². The van der Waals surface area contributed by atoms with Crippen molar-refractivity contribution in [2.75, 3.05) is 14.2 Å². The van der Waals surface area contributed by atoms with E-state index in [1.165, 1.54) is 5.56 Å². The van der Waals surface area contributed by atoms with Crippen molar-refractivity contribution in [3.05, 3.63) is 96.5 Å². The quantitative estimate of drug-likeness (QED) is 0.448. The third-order valence-electron chi connectivity index (χ3n) is 4.90. The summed E-state index contributed by atoms with van der Waals surface area (Å²) < 4.78 is 7.62. The van der Waals surface area contributed by atoms with Gasteiger partial charge in [0.05, 0.1) is 24.8 Å². The van der Waals surface area contributed by atoms with Gasteiger partial charge in [0.2, 0.25) is 0 Å². The molecule has 1 aromatic carbocycles. The molecule has 0 fully saturated rings. The topological polar surface area (TPSA) is 56.1 Å². The second-order valence-corrected chi connectivity index (χ2v) is 7.31. The summed E-state index contributed by atoms with van der Waals surface area (Å²) in [7, 11) is 3.79. The van der Waals surface area contributed by atoms with Crippen LogP contribution >= 0.6 is 0 Å². The first-order valence-electron chi connectivity index (χ1n) is 9.87. The molecule has 0 radical (unpaired) electrons. The third kappa shape index (κ3) is 4.90. The van der Waals surface area contributed by atoms with Gasteiger partial charge in [0, 0.05) is 50.0 Å². The van der Waals surface area contributed by atoms with Crippen LogP contribution in [0.5, 0.6) is 5.75 Å². The molecule has 0 unspecified atom stereocenters. The summed E-state index contributed by atoms with van der Waals surface area (Å²) in [4.78, 5) is 15.4. The smallest absolute Gasteiger partial charge is 0.128 e. The van der Waals surface area contributed by atoms with Crippen molar-refractivity contribution < 1.29 is 4.74 Å². The predicted molar refractivity (Wildman–Crippen MR) is 117 cm³/mol. The maximum atomic E-state index is 5.59. The fraction of sp³-hybridized carbons (Fsp3) is 0.208. The lowest BCUT2D eigenvalue weighted by molar-refractivity contribution is 0.315. The van der Waals surface area contributed by atoms with Crippen molar-refractivity contribution in [1.29, 1.82) is 0 Å². The number of ether oxygens (including phenoxy) is 1. The van der Waals surface area contributed by atoms with Crippen molar-refractivity contribution >= 4 is 0 Å². The molecule has 0 bridgehead atoms. The van der Waals surface area contributed by atoms with Crippen LogP contribution in [0.4, 0.5) is 0 Å². The first kappa shape index (κ1) is 19.8. The van der Waals surface area contributed by atoms with E-state index in [9.17, 15) is 0 Å². The number of hydrogen-bond acceptors (Lipinski definition) is 5. The molecular weight excluding hydrogens is 374 g/mol. The van der Waals surface area contributed by atoms with Gasteiger partial charge in [-0.2, -0.15) is 0 Å². The zero-order valence-corrected chi connectivity index (χ0v) is 17.3. The Morgan fingerprint density at radius 1 is 0.967 bits per heavy atom. The summed E-state index contributed by atoms with van der Waals surface area (Å²) >= 11 is 0. The molecule has 0 atom stereocenters. The maximum Gasteiger partial charge on any atom is 0.128 e. The zero-order valence-electron chi connectivity index (χ0n) is 17.3. The molecule has 0 N–H and O–H groups in total. The molecule has 6 heteroatoms. The zero-order chi connectivity index (χ0) is 20.8. The Morgan fingerprint density at radius 2 is 1.87 bits per heavy atom. The largest absolute Gasteiger partial charge is 0.496 e. The number of methoxy groups -OCH3 is 1. The van der Waals surface area contributed by atoms with Gasteiger partial charge in [-0.1, -0.05) is 18.2 Å². The standard InChI is InChI=1S/C24H25N5O/c1-28(17-21-5-3-4-10-26-21)15-19-7-9-24(30-2)22(13-19)23-8-6-20(14-27-23)16-29-12-11-25-18-29/h3-14,18H,15-17H2,1-2H3. The van der Waals surface area contributed by atoms with E-state index in [0.717, 1.165) is 47.9 Å². The lowest BCUT2D eigenvalue weighted by atomic mass is 10.0. The van der Waals surface area contributed by atoms with Gasteiger partial charge in [-0.05, 0) is 48.5 Å². The van der Waals surface area contributed by atoms with Gasteiger partial charge in [-0.15, -0.1) is 0 Å². The monoisotopic (exact) mass is 399 g/mol. The van der Waals surface area contributed by atoms with E-state index in [0.29, 0.717) is 0 Å². The van der Waals surface area contributed by atoms with Crippen molar-refractivity contribution in [2.45, 2.75) is 19.6 Å². The molecule has 3 heterocycles. The van der Waals surface area contributed by atoms with Crippen LogP contribution < -0.4 is 4.74 Å². The molecule has 0 saturated carbocycles. The van der Waals surface area contributed by atoms with Crippen molar-refractivity contribution in [3.8, 4) is 17.0 Å². The van der Waals surface area contributed by atoms with Gasteiger partial charge < -0.3 is 9.30 Å². The van der Waals surface area contributed by atoms with Crippen molar-refractivity contribution in [1.82, 2.24) is 24.4 Å². The highest BCUT2D eigenvalue weighted by molar-refractivity contribution is 5.68. The Kier molecular flexibility index (Phi) is 6.15. The van der Waals surface area contributed by atoms with Gasteiger partial charge in [0.25, 0.3) is 0 Å². The van der Waals surface area contributed by atoms with Crippen LogP contribution in [0, 0.1) is 0 Å². The molecule has 30 heavy (non-hydrogen) atoms. The summed E-state index contributed by atoms with van der Waals surface area (Å²) in [6.45, 7) is 2.36. The number of benzene rings is 1. The average Bonchev–Trinajstić information content (AvgIpc) is 3.28. The highest BCUT2D eigenvalue weighted by Crippen LogP contribution is 2.30. The van der Waals surface area contributed by atoms with Crippen LogP contribution in [0.15, 0.2) is 79.6 Å². The second kappa shape index (κ2) is 9.33. The highest BCUT2D eigenvalue weighted by Gasteiger charge is 2.11. The van der Waals surface area contributed by atoms with E-state index < -0.39 is 0 Å². The van der Waals surface area contributed by atoms with E-state index in [-0.39, 0.29) is 0 Å². The molecule has 0 aliphatic carbocycles. The number of rotatable bonds is 8. The normalized spacial score (nSPS) is 11.0. The number of pyridine rings is 2. The van der Waals surface area contributed by atoms with Gasteiger partial charge in [0.1, 0.15) is 5.75 Å². The van der Waals surface area contributed by atoms with Gasteiger partial charge in [-0.25, -0.2) is 4.98 Å². The predicted octanol–water partition coefficient (Wildman–Crippen LogP) is 4.03. The maximum absolute atomic E-state index is 5.59. The highest BCUT2D eigenvalue weighted by atomic mass is 16.5. The number of aromatic nitrogens is 4. The molecule has 0 spiro atoms. The van der Waals surface area contributed by atoms with E-state index in [1.54, 1.807) is 13.3 Å². The van der Waals surface area contributed by atoms with E-state index in [4.69, 9.17) is 4.74 Å². The Balaban J connectivity index is 1.51. The van der Waals surface area contributed by atoms with Crippen LogP contribution in [0.2, 0.25) is 0 Å². The Morgan fingerprint density at radius 3 is 2.57 bits per heavy atom. The summed E-state index contributed by atoms with van der Waals surface area (Å²) in [5.41, 5.74) is 5.28. The van der Waals surface area contributed by atoms with Gasteiger partial charge in [-0.3, -0.25) is 14.9 Å². The molecule has 0 saturated heterocycles.